The number of aliphatic hydroxyl groups is 1. The molecule has 0 saturated heterocycles. The lowest BCUT2D eigenvalue weighted by atomic mass is 10.0. The SMILES string of the molecule is C=C1C=CC=CN1C(=O)/C(=C(\C)O)c1ccc(C(=O)O)cc1. The number of carbonyl (C=O) groups excluding carboxylic acids is 1. The highest BCUT2D eigenvalue weighted by Crippen LogP contribution is 2.24. The van der Waals surface area contributed by atoms with Crippen molar-refractivity contribution in [2.24, 2.45) is 0 Å². The van der Waals surface area contributed by atoms with Crippen molar-refractivity contribution < 1.29 is 19.8 Å². The van der Waals surface area contributed by atoms with E-state index >= 15 is 0 Å². The number of amides is 1. The van der Waals surface area contributed by atoms with Crippen LogP contribution >= 0.6 is 0 Å². The third kappa shape index (κ3) is 2.98. The highest BCUT2D eigenvalue weighted by Gasteiger charge is 2.23. The summed E-state index contributed by atoms with van der Waals surface area (Å²) < 4.78 is 0. The van der Waals surface area contributed by atoms with Crippen LogP contribution in [0.5, 0.6) is 0 Å². The van der Waals surface area contributed by atoms with Crippen molar-refractivity contribution in [1.82, 2.24) is 4.90 Å². The van der Waals surface area contributed by atoms with Gasteiger partial charge in [-0.2, -0.15) is 0 Å². The number of benzene rings is 1. The van der Waals surface area contributed by atoms with E-state index in [1.807, 2.05) is 0 Å². The highest BCUT2D eigenvalue weighted by atomic mass is 16.4. The third-order valence-electron chi connectivity index (χ3n) is 3.16. The van der Waals surface area contributed by atoms with Crippen LogP contribution in [0, 0.1) is 0 Å². The van der Waals surface area contributed by atoms with Crippen LogP contribution in [-0.2, 0) is 4.79 Å². The van der Waals surface area contributed by atoms with Crippen LogP contribution in [0.4, 0.5) is 0 Å². The number of carboxylic acid groups (broad SMARTS) is 1. The largest absolute Gasteiger partial charge is 0.512 e. The molecule has 5 nitrogen and oxygen atoms in total. The predicted octanol–water partition coefficient (Wildman–Crippen LogP) is 3.10. The van der Waals surface area contributed by atoms with E-state index < -0.39 is 11.9 Å². The van der Waals surface area contributed by atoms with Gasteiger partial charge in [0, 0.05) is 11.9 Å². The lowest BCUT2D eigenvalue weighted by molar-refractivity contribution is -0.121. The normalized spacial score (nSPS) is 14.8. The van der Waals surface area contributed by atoms with Gasteiger partial charge in [-0.15, -0.1) is 0 Å². The maximum absolute atomic E-state index is 12.6. The number of carbonyl (C=O) groups is 2. The standard InChI is InChI=1S/C17H15NO4/c1-11-5-3-4-10-18(11)16(20)15(12(2)19)13-6-8-14(9-7-13)17(21)22/h3-10,19H,1H2,2H3,(H,21,22)/b15-12+. The lowest BCUT2D eigenvalue weighted by Crippen LogP contribution is -2.26. The molecule has 22 heavy (non-hydrogen) atoms. The molecule has 2 N–H and O–H groups in total. The van der Waals surface area contributed by atoms with Gasteiger partial charge in [0.2, 0.25) is 0 Å². The minimum absolute atomic E-state index is 0.0954. The predicted molar refractivity (Wildman–Crippen MR) is 82.9 cm³/mol. The first kappa shape index (κ1) is 15.3. The number of aliphatic hydroxyl groups excluding tert-OH is 1. The number of hydrogen-bond acceptors (Lipinski definition) is 3. The first-order valence-electron chi connectivity index (χ1n) is 6.52. The van der Waals surface area contributed by atoms with E-state index in [0.717, 1.165) is 0 Å². The summed E-state index contributed by atoms with van der Waals surface area (Å²) >= 11 is 0. The van der Waals surface area contributed by atoms with E-state index in [-0.39, 0.29) is 16.9 Å². The van der Waals surface area contributed by atoms with Gasteiger partial charge in [-0.3, -0.25) is 9.69 Å². The Morgan fingerprint density at radius 2 is 1.64 bits per heavy atom. The topological polar surface area (TPSA) is 77.8 Å². The smallest absolute Gasteiger partial charge is 0.335 e. The Morgan fingerprint density at radius 3 is 2.14 bits per heavy atom. The van der Waals surface area contributed by atoms with Crippen LogP contribution in [0.3, 0.4) is 0 Å². The monoisotopic (exact) mass is 297 g/mol. The van der Waals surface area contributed by atoms with E-state index in [1.165, 1.54) is 36.1 Å². The highest BCUT2D eigenvalue weighted by molar-refractivity contribution is 6.21. The molecule has 1 heterocycles. The molecule has 0 radical (unpaired) electrons. The molecule has 1 aliphatic rings. The van der Waals surface area contributed by atoms with Crippen LogP contribution in [0.2, 0.25) is 0 Å². The number of hydrogen-bond donors (Lipinski definition) is 2. The van der Waals surface area contributed by atoms with Crippen LogP contribution in [0.25, 0.3) is 5.57 Å². The number of allylic oxidation sites excluding steroid dienone is 4. The molecular weight excluding hydrogens is 282 g/mol. The van der Waals surface area contributed by atoms with Crippen LogP contribution in [-0.4, -0.2) is 27.0 Å². The average molecular weight is 297 g/mol. The van der Waals surface area contributed by atoms with Crippen molar-refractivity contribution >= 4 is 17.4 Å². The summed E-state index contributed by atoms with van der Waals surface area (Å²) in [6.45, 7) is 5.18. The van der Waals surface area contributed by atoms with Gasteiger partial charge in [-0.05, 0) is 36.8 Å². The van der Waals surface area contributed by atoms with Gasteiger partial charge in [0.05, 0.1) is 11.1 Å². The summed E-state index contributed by atoms with van der Waals surface area (Å²) in [5, 5.41) is 18.8. The summed E-state index contributed by atoms with van der Waals surface area (Å²) in [6, 6.07) is 5.74. The second-order valence-electron chi connectivity index (χ2n) is 4.71. The maximum atomic E-state index is 12.6. The van der Waals surface area contributed by atoms with Gasteiger partial charge in [0.15, 0.2) is 0 Å². The summed E-state index contributed by atoms with van der Waals surface area (Å²) in [6.07, 6.45) is 6.67. The molecular formula is C17H15NO4. The van der Waals surface area contributed by atoms with E-state index in [0.29, 0.717) is 11.3 Å². The molecule has 112 valence electrons. The Bertz CT molecular complexity index is 720. The molecule has 0 spiro atoms. The van der Waals surface area contributed by atoms with E-state index in [2.05, 4.69) is 6.58 Å². The fourth-order valence-electron chi connectivity index (χ4n) is 2.06. The van der Waals surface area contributed by atoms with Crippen molar-refractivity contribution in [3.05, 3.63) is 77.9 Å². The van der Waals surface area contributed by atoms with Crippen molar-refractivity contribution in [3.8, 4) is 0 Å². The minimum atomic E-state index is -1.05. The molecule has 0 atom stereocenters. The molecule has 0 saturated carbocycles. The molecule has 1 aromatic rings. The molecule has 2 rings (SSSR count). The number of carboxylic acids is 1. The number of rotatable bonds is 3. The second-order valence-corrected chi connectivity index (χ2v) is 4.71. The zero-order chi connectivity index (χ0) is 16.3. The van der Waals surface area contributed by atoms with Crippen LogP contribution in [0.15, 0.2) is 66.7 Å². The fourth-order valence-corrected chi connectivity index (χ4v) is 2.06. The lowest BCUT2D eigenvalue weighted by Gasteiger charge is -2.22. The molecule has 0 fully saturated rings. The Labute approximate surface area is 127 Å². The summed E-state index contributed by atoms with van der Waals surface area (Å²) in [5.74, 6) is -1.64. The molecule has 1 aromatic carbocycles. The van der Waals surface area contributed by atoms with E-state index in [1.54, 1.807) is 24.4 Å². The van der Waals surface area contributed by atoms with E-state index in [4.69, 9.17) is 5.11 Å². The molecule has 5 heteroatoms. The fraction of sp³-hybridized carbons (Fsp3) is 0.0588. The van der Waals surface area contributed by atoms with Gasteiger partial charge in [0.1, 0.15) is 5.76 Å². The molecule has 0 aromatic heterocycles. The average Bonchev–Trinajstić information content (AvgIpc) is 2.48. The Hall–Kier alpha value is -3.08. The molecule has 0 aliphatic carbocycles. The Morgan fingerprint density at radius 1 is 1.05 bits per heavy atom. The van der Waals surface area contributed by atoms with Crippen molar-refractivity contribution in [2.75, 3.05) is 0 Å². The van der Waals surface area contributed by atoms with Crippen molar-refractivity contribution in [3.63, 3.8) is 0 Å². The molecule has 1 amide bonds. The van der Waals surface area contributed by atoms with Gasteiger partial charge >= 0.3 is 5.97 Å². The summed E-state index contributed by atoms with van der Waals surface area (Å²) in [7, 11) is 0. The van der Waals surface area contributed by atoms with Crippen molar-refractivity contribution in [1.29, 1.82) is 0 Å². The van der Waals surface area contributed by atoms with Crippen LogP contribution in [0.1, 0.15) is 22.8 Å². The van der Waals surface area contributed by atoms with Gasteiger partial charge in [-0.1, -0.05) is 24.8 Å². The molecule has 0 bridgehead atoms. The summed E-state index contributed by atoms with van der Waals surface area (Å²) in [5.41, 5.74) is 1.12. The Balaban J connectivity index is 2.39. The van der Waals surface area contributed by atoms with E-state index in [9.17, 15) is 14.7 Å². The van der Waals surface area contributed by atoms with Crippen LogP contribution < -0.4 is 0 Å². The zero-order valence-electron chi connectivity index (χ0n) is 12.0. The van der Waals surface area contributed by atoms with Gasteiger partial charge in [0.25, 0.3) is 5.91 Å². The quantitative estimate of drug-likeness (QED) is 0.664. The number of aromatic carboxylic acids is 1. The Kier molecular flexibility index (Phi) is 4.27. The first-order valence-corrected chi connectivity index (χ1v) is 6.52. The summed E-state index contributed by atoms with van der Waals surface area (Å²) in [4.78, 5) is 24.8. The molecule has 1 aliphatic heterocycles. The van der Waals surface area contributed by atoms with Gasteiger partial charge in [-0.25, -0.2) is 4.79 Å². The number of nitrogens with zero attached hydrogens (tertiary/aromatic N) is 1. The zero-order valence-corrected chi connectivity index (χ0v) is 12.0. The third-order valence-corrected chi connectivity index (χ3v) is 3.16. The van der Waals surface area contributed by atoms with Gasteiger partial charge < -0.3 is 10.2 Å². The van der Waals surface area contributed by atoms with Crippen molar-refractivity contribution in [2.45, 2.75) is 6.92 Å². The maximum Gasteiger partial charge on any atom is 0.335 e. The first-order chi connectivity index (χ1) is 10.4. The minimum Gasteiger partial charge on any atom is -0.512 e. The molecule has 0 unspecified atom stereocenters. The second kappa shape index (κ2) is 6.13.